The molecular formula is C52H44N2. The van der Waals surface area contributed by atoms with E-state index in [9.17, 15) is 0 Å². The van der Waals surface area contributed by atoms with Crippen LogP contribution in [0.5, 0.6) is 0 Å². The zero-order chi connectivity index (χ0) is 36.4. The molecule has 0 amide bonds. The Kier molecular flexibility index (Phi) is 10.7. The van der Waals surface area contributed by atoms with Crippen molar-refractivity contribution in [1.29, 1.82) is 0 Å². The van der Waals surface area contributed by atoms with Gasteiger partial charge in [0.05, 0.1) is 0 Å². The van der Waals surface area contributed by atoms with Crippen molar-refractivity contribution in [3.05, 3.63) is 241 Å². The molecule has 0 bridgehead atoms. The van der Waals surface area contributed by atoms with Crippen molar-refractivity contribution in [2.75, 3.05) is 9.80 Å². The molecule has 54 heavy (non-hydrogen) atoms. The summed E-state index contributed by atoms with van der Waals surface area (Å²) in [5, 5.41) is 0. The summed E-state index contributed by atoms with van der Waals surface area (Å²) in [5.41, 5.74) is 11.9. The minimum absolute atomic E-state index is 0.368. The van der Waals surface area contributed by atoms with E-state index in [-0.39, 0.29) is 0 Å². The van der Waals surface area contributed by atoms with Gasteiger partial charge in [-0.2, -0.15) is 0 Å². The monoisotopic (exact) mass is 696 g/mol. The lowest BCUT2D eigenvalue weighted by molar-refractivity contribution is 0.813. The van der Waals surface area contributed by atoms with Crippen LogP contribution >= 0.6 is 0 Å². The summed E-state index contributed by atoms with van der Waals surface area (Å²) >= 11 is 0. The molecule has 0 heterocycles. The first kappa shape index (κ1) is 34.4. The zero-order valence-corrected chi connectivity index (χ0v) is 30.4. The van der Waals surface area contributed by atoms with Crippen LogP contribution in [0.1, 0.15) is 29.5 Å². The molecule has 0 aromatic heterocycles. The molecule has 0 N–H and O–H groups in total. The van der Waals surface area contributed by atoms with Gasteiger partial charge in [-0.05, 0) is 114 Å². The third-order valence-electron chi connectivity index (χ3n) is 10.0. The standard InChI is InChI=1S/C52H44N2/c1-5-13-47(14-6-1)53(48-15-7-2-8-16-48)51-37-29-43(30-38-51)23-21-41-25-33-45(34-26-41)46-35-27-42(28-36-46)22-24-44-31-39-52(40-32-44)54(49-17-9-3-10-18-49)50-19-11-4-12-20-50/h1-27,29,31-40,42-43H,28,30H2/b23-21+,24-22+. The van der Waals surface area contributed by atoms with E-state index in [0.29, 0.717) is 11.8 Å². The Morgan fingerprint density at radius 1 is 0.389 bits per heavy atom. The van der Waals surface area contributed by atoms with Gasteiger partial charge in [0.2, 0.25) is 0 Å². The number of para-hydroxylation sites is 4. The maximum Gasteiger partial charge on any atom is 0.0462 e. The number of nitrogens with zero attached hydrogens (tertiary/aromatic N) is 2. The van der Waals surface area contributed by atoms with Crippen molar-refractivity contribution in [3.8, 4) is 0 Å². The highest BCUT2D eigenvalue weighted by Crippen LogP contribution is 2.35. The van der Waals surface area contributed by atoms with Gasteiger partial charge in [-0.25, -0.2) is 0 Å². The molecule has 0 radical (unpaired) electrons. The lowest BCUT2D eigenvalue weighted by Gasteiger charge is -2.28. The Morgan fingerprint density at radius 2 is 0.796 bits per heavy atom. The summed E-state index contributed by atoms with van der Waals surface area (Å²) in [4.78, 5) is 4.62. The average Bonchev–Trinajstić information content (AvgIpc) is 3.25. The van der Waals surface area contributed by atoms with Crippen molar-refractivity contribution in [2.24, 2.45) is 11.8 Å². The van der Waals surface area contributed by atoms with Crippen LogP contribution in [0.15, 0.2) is 224 Å². The molecule has 0 fully saturated rings. The summed E-state index contributed by atoms with van der Waals surface area (Å²) in [7, 11) is 0. The van der Waals surface area contributed by atoms with E-state index >= 15 is 0 Å². The number of hydrogen-bond donors (Lipinski definition) is 0. The number of rotatable bonds is 11. The Hall–Kier alpha value is -6.64. The molecule has 262 valence electrons. The molecule has 8 rings (SSSR count). The van der Waals surface area contributed by atoms with Crippen molar-refractivity contribution >= 4 is 46.2 Å². The SMILES string of the molecule is C1=CC(/C=C/c2ccc(N(c3ccccc3)c3ccccc3)cc2)CC=C1c1ccc(/C=C/C2C=CC(N(c3ccccc3)c3ccccc3)=CC2)cc1. The van der Waals surface area contributed by atoms with Crippen LogP contribution in [0, 0.1) is 11.8 Å². The van der Waals surface area contributed by atoms with Crippen molar-refractivity contribution in [2.45, 2.75) is 12.8 Å². The molecule has 0 aliphatic heterocycles. The maximum atomic E-state index is 2.37. The van der Waals surface area contributed by atoms with Crippen molar-refractivity contribution in [1.82, 2.24) is 0 Å². The first-order valence-corrected chi connectivity index (χ1v) is 18.9. The van der Waals surface area contributed by atoms with E-state index in [2.05, 4.69) is 240 Å². The third kappa shape index (κ3) is 8.36. The Morgan fingerprint density at radius 3 is 1.22 bits per heavy atom. The molecule has 0 saturated carbocycles. The summed E-state index contributed by atoms with van der Waals surface area (Å²) in [6.07, 6.45) is 25.0. The molecule has 2 aliphatic carbocycles. The van der Waals surface area contributed by atoms with Gasteiger partial charge in [0.15, 0.2) is 0 Å². The Labute approximate surface area is 320 Å². The van der Waals surface area contributed by atoms with Crippen LogP contribution < -0.4 is 9.80 Å². The van der Waals surface area contributed by atoms with E-state index in [1.807, 2.05) is 0 Å². The predicted molar refractivity (Wildman–Crippen MR) is 231 cm³/mol. The van der Waals surface area contributed by atoms with Crippen LogP contribution in [0.4, 0.5) is 28.4 Å². The number of hydrogen-bond acceptors (Lipinski definition) is 2. The largest absolute Gasteiger partial charge is 0.311 e. The van der Waals surface area contributed by atoms with Crippen LogP contribution in [-0.4, -0.2) is 0 Å². The summed E-state index contributed by atoms with van der Waals surface area (Å²) in [6.45, 7) is 0. The molecule has 6 aromatic rings. The normalized spacial score (nSPS) is 16.7. The Bertz CT molecular complexity index is 2220. The highest BCUT2D eigenvalue weighted by molar-refractivity contribution is 5.78. The van der Waals surface area contributed by atoms with E-state index in [4.69, 9.17) is 0 Å². The molecule has 6 aromatic carbocycles. The van der Waals surface area contributed by atoms with Gasteiger partial charge in [0, 0.05) is 34.1 Å². The first-order chi connectivity index (χ1) is 26.8. The maximum absolute atomic E-state index is 2.37. The average molecular weight is 697 g/mol. The second-order valence-corrected chi connectivity index (χ2v) is 13.8. The minimum atomic E-state index is 0.368. The van der Waals surface area contributed by atoms with Gasteiger partial charge < -0.3 is 9.80 Å². The first-order valence-electron chi connectivity index (χ1n) is 18.9. The van der Waals surface area contributed by atoms with Gasteiger partial charge in [-0.15, -0.1) is 0 Å². The summed E-state index contributed by atoms with van der Waals surface area (Å²) < 4.78 is 0. The lowest BCUT2D eigenvalue weighted by Crippen LogP contribution is -2.17. The van der Waals surface area contributed by atoms with Gasteiger partial charge in [0.1, 0.15) is 0 Å². The van der Waals surface area contributed by atoms with E-state index in [1.54, 1.807) is 0 Å². The fraction of sp³-hybridized carbons (Fsp3) is 0.0769. The van der Waals surface area contributed by atoms with Gasteiger partial charge in [-0.1, -0.05) is 164 Å². The van der Waals surface area contributed by atoms with Gasteiger partial charge >= 0.3 is 0 Å². The second-order valence-electron chi connectivity index (χ2n) is 13.8. The molecule has 2 heteroatoms. The minimum Gasteiger partial charge on any atom is -0.311 e. The van der Waals surface area contributed by atoms with Crippen molar-refractivity contribution < 1.29 is 0 Å². The van der Waals surface area contributed by atoms with E-state index in [0.717, 1.165) is 29.9 Å². The smallest absolute Gasteiger partial charge is 0.0462 e. The fourth-order valence-electron chi connectivity index (χ4n) is 7.12. The molecular weight excluding hydrogens is 653 g/mol. The van der Waals surface area contributed by atoms with Gasteiger partial charge in [-0.3, -0.25) is 0 Å². The molecule has 0 spiro atoms. The zero-order valence-electron chi connectivity index (χ0n) is 30.4. The number of allylic oxidation sites excluding steroid dienone is 9. The van der Waals surface area contributed by atoms with Crippen LogP contribution in [0.3, 0.4) is 0 Å². The van der Waals surface area contributed by atoms with E-state index in [1.165, 1.54) is 39.3 Å². The molecule has 2 aliphatic rings. The quantitative estimate of drug-likeness (QED) is 0.133. The van der Waals surface area contributed by atoms with Crippen LogP contribution in [0.25, 0.3) is 17.7 Å². The van der Waals surface area contributed by atoms with Crippen molar-refractivity contribution in [3.63, 3.8) is 0 Å². The molecule has 2 unspecified atom stereocenters. The Balaban J connectivity index is 0.857. The highest BCUT2D eigenvalue weighted by atomic mass is 15.1. The van der Waals surface area contributed by atoms with E-state index < -0.39 is 0 Å². The summed E-state index contributed by atoms with van der Waals surface area (Å²) in [6, 6.07) is 60.0. The second kappa shape index (κ2) is 16.8. The molecule has 2 atom stereocenters. The number of benzene rings is 6. The molecule has 2 nitrogen and oxygen atoms in total. The van der Waals surface area contributed by atoms with Crippen LogP contribution in [0.2, 0.25) is 0 Å². The molecule has 0 saturated heterocycles. The summed E-state index contributed by atoms with van der Waals surface area (Å²) in [5.74, 6) is 0.748. The lowest BCUT2D eigenvalue weighted by atomic mass is 9.92. The number of anilines is 5. The predicted octanol–water partition coefficient (Wildman–Crippen LogP) is 14.1. The highest BCUT2D eigenvalue weighted by Gasteiger charge is 2.16. The van der Waals surface area contributed by atoms with Crippen LogP contribution in [-0.2, 0) is 0 Å². The third-order valence-corrected chi connectivity index (χ3v) is 10.0. The van der Waals surface area contributed by atoms with Gasteiger partial charge in [0.25, 0.3) is 0 Å². The topological polar surface area (TPSA) is 6.48 Å². The fourth-order valence-corrected chi connectivity index (χ4v) is 7.12.